The third-order valence-electron chi connectivity index (χ3n) is 5.09. The molecule has 0 bridgehead atoms. The number of benzene rings is 3. The normalized spacial score (nSPS) is 10.8. The molecule has 2 amide bonds. The fourth-order valence-corrected chi connectivity index (χ4v) is 3.18. The Labute approximate surface area is 198 Å². The summed E-state index contributed by atoms with van der Waals surface area (Å²) < 4.78 is 5.74. The second-order valence-corrected chi connectivity index (χ2v) is 7.95. The van der Waals surface area contributed by atoms with E-state index in [1.165, 1.54) is 6.21 Å². The third kappa shape index (κ3) is 7.47. The average Bonchev–Trinajstić information content (AvgIpc) is 2.81. The van der Waals surface area contributed by atoms with Crippen molar-refractivity contribution in [2.45, 2.75) is 33.3 Å². The maximum atomic E-state index is 12.1. The largest absolute Gasteiger partial charge is 0.489 e. The van der Waals surface area contributed by atoms with E-state index in [9.17, 15) is 9.59 Å². The van der Waals surface area contributed by atoms with Gasteiger partial charge in [-0.3, -0.25) is 9.59 Å². The van der Waals surface area contributed by atoms with Crippen LogP contribution >= 0.6 is 11.6 Å². The van der Waals surface area contributed by atoms with Gasteiger partial charge in [0.15, 0.2) is 0 Å². The first-order valence-corrected chi connectivity index (χ1v) is 10.9. The first-order valence-electron chi connectivity index (χ1n) is 10.6. The monoisotopic (exact) mass is 463 g/mol. The number of rotatable bonds is 9. The van der Waals surface area contributed by atoms with E-state index in [0.717, 1.165) is 27.9 Å². The highest BCUT2D eigenvalue weighted by Crippen LogP contribution is 2.19. The Morgan fingerprint density at radius 3 is 2.42 bits per heavy atom. The summed E-state index contributed by atoms with van der Waals surface area (Å²) in [4.78, 5) is 24.1. The van der Waals surface area contributed by atoms with Crippen LogP contribution in [0.25, 0.3) is 0 Å². The molecule has 3 aromatic rings. The van der Waals surface area contributed by atoms with Crippen molar-refractivity contribution >= 4 is 35.3 Å². The fraction of sp³-hybridized carbons (Fsp3) is 0.192. The third-order valence-corrected chi connectivity index (χ3v) is 5.46. The first-order chi connectivity index (χ1) is 15.9. The standard InChI is InChI=1S/C26H26ClN3O3/c1-18-6-5-9-24(19(18)2)29-25(31)14-15-26(32)30-28-16-20-10-12-22(13-11-20)33-17-21-7-3-4-8-23(21)27/h3-13,16H,14-15,17H2,1-2H3,(H,29,31)(H,30,32). The van der Waals surface area contributed by atoms with Gasteiger partial charge in [-0.15, -0.1) is 0 Å². The number of carbonyl (C=O) groups excluding carboxylic acids is 2. The predicted octanol–water partition coefficient (Wildman–Crippen LogP) is 5.40. The quantitative estimate of drug-likeness (QED) is 0.329. The number of ether oxygens (including phenoxy) is 1. The molecule has 7 heteroatoms. The molecule has 33 heavy (non-hydrogen) atoms. The number of amides is 2. The smallest absolute Gasteiger partial charge is 0.240 e. The van der Waals surface area contributed by atoms with Gasteiger partial charge in [0.05, 0.1) is 6.21 Å². The van der Waals surface area contributed by atoms with Crippen molar-refractivity contribution in [3.63, 3.8) is 0 Å². The van der Waals surface area contributed by atoms with Crippen LogP contribution in [0.15, 0.2) is 71.8 Å². The van der Waals surface area contributed by atoms with Gasteiger partial charge in [-0.1, -0.05) is 41.9 Å². The van der Waals surface area contributed by atoms with Crippen LogP contribution in [-0.2, 0) is 16.2 Å². The van der Waals surface area contributed by atoms with E-state index in [1.807, 2.05) is 80.6 Å². The Hall–Kier alpha value is -3.64. The van der Waals surface area contributed by atoms with E-state index in [4.69, 9.17) is 16.3 Å². The number of anilines is 1. The molecule has 2 N–H and O–H groups in total. The maximum absolute atomic E-state index is 12.1. The summed E-state index contributed by atoms with van der Waals surface area (Å²) in [5.41, 5.74) is 7.03. The Morgan fingerprint density at radius 1 is 0.939 bits per heavy atom. The minimum atomic E-state index is -0.331. The van der Waals surface area contributed by atoms with Crippen molar-refractivity contribution < 1.29 is 14.3 Å². The van der Waals surface area contributed by atoms with Crippen LogP contribution in [0, 0.1) is 13.8 Å². The van der Waals surface area contributed by atoms with Gasteiger partial charge in [-0.2, -0.15) is 5.10 Å². The van der Waals surface area contributed by atoms with Crippen LogP contribution < -0.4 is 15.5 Å². The molecule has 0 spiro atoms. The first kappa shape index (κ1) is 24.0. The zero-order valence-corrected chi connectivity index (χ0v) is 19.4. The molecule has 0 aromatic heterocycles. The van der Waals surface area contributed by atoms with Gasteiger partial charge in [0.25, 0.3) is 0 Å². The van der Waals surface area contributed by atoms with Gasteiger partial charge >= 0.3 is 0 Å². The second kappa shape index (κ2) is 11.8. The zero-order valence-electron chi connectivity index (χ0n) is 18.6. The van der Waals surface area contributed by atoms with Crippen molar-refractivity contribution in [3.05, 3.63) is 94.0 Å². The van der Waals surface area contributed by atoms with Gasteiger partial charge in [0.2, 0.25) is 11.8 Å². The maximum Gasteiger partial charge on any atom is 0.240 e. The van der Waals surface area contributed by atoms with Gasteiger partial charge in [-0.25, -0.2) is 5.43 Å². The Bertz CT molecular complexity index is 1140. The summed E-state index contributed by atoms with van der Waals surface area (Å²) >= 11 is 6.13. The molecule has 0 heterocycles. The van der Waals surface area contributed by atoms with Crippen LogP contribution in [0.2, 0.25) is 5.02 Å². The second-order valence-electron chi connectivity index (χ2n) is 7.54. The Kier molecular flexibility index (Phi) is 8.61. The number of hydrogen-bond donors (Lipinski definition) is 2. The molecule has 0 aliphatic rings. The van der Waals surface area contributed by atoms with Crippen LogP contribution in [-0.4, -0.2) is 18.0 Å². The Balaban J connectivity index is 1.40. The number of carbonyl (C=O) groups is 2. The number of hydrogen-bond acceptors (Lipinski definition) is 4. The number of nitrogens with zero attached hydrogens (tertiary/aromatic N) is 1. The number of hydrazone groups is 1. The zero-order chi connectivity index (χ0) is 23.6. The summed E-state index contributed by atoms with van der Waals surface area (Å²) in [6.45, 7) is 4.31. The van der Waals surface area contributed by atoms with Crippen LogP contribution in [0.1, 0.15) is 35.1 Å². The van der Waals surface area contributed by atoms with Crippen molar-refractivity contribution in [1.29, 1.82) is 0 Å². The summed E-state index contributed by atoms with van der Waals surface area (Å²) in [5.74, 6) is 0.156. The summed E-state index contributed by atoms with van der Waals surface area (Å²) in [6, 6.07) is 20.5. The van der Waals surface area contributed by atoms with E-state index in [1.54, 1.807) is 0 Å². The molecule has 3 rings (SSSR count). The van der Waals surface area contributed by atoms with Crippen LogP contribution in [0.3, 0.4) is 0 Å². The van der Waals surface area contributed by atoms with Crippen molar-refractivity contribution in [3.8, 4) is 5.75 Å². The lowest BCUT2D eigenvalue weighted by atomic mass is 10.1. The number of aryl methyl sites for hydroxylation is 1. The van der Waals surface area contributed by atoms with Gasteiger partial charge < -0.3 is 10.1 Å². The van der Waals surface area contributed by atoms with E-state index < -0.39 is 0 Å². The molecule has 0 aliphatic carbocycles. The number of halogens is 1. The lowest BCUT2D eigenvalue weighted by Crippen LogP contribution is -2.21. The van der Waals surface area contributed by atoms with E-state index in [2.05, 4.69) is 15.8 Å². The number of nitrogens with one attached hydrogen (secondary N) is 2. The molecule has 0 saturated carbocycles. The Morgan fingerprint density at radius 2 is 1.67 bits per heavy atom. The molecule has 170 valence electrons. The molecule has 0 aliphatic heterocycles. The van der Waals surface area contributed by atoms with E-state index >= 15 is 0 Å². The summed E-state index contributed by atoms with van der Waals surface area (Å²) in [7, 11) is 0. The summed E-state index contributed by atoms with van der Waals surface area (Å²) in [5, 5.41) is 7.46. The lowest BCUT2D eigenvalue weighted by molar-refractivity contribution is -0.124. The van der Waals surface area contributed by atoms with Gasteiger partial charge in [0, 0.05) is 29.1 Å². The highest BCUT2D eigenvalue weighted by atomic mass is 35.5. The van der Waals surface area contributed by atoms with E-state index in [0.29, 0.717) is 17.4 Å². The topological polar surface area (TPSA) is 79.8 Å². The minimum Gasteiger partial charge on any atom is -0.489 e. The molecule has 0 unspecified atom stereocenters. The molecule has 0 fully saturated rings. The van der Waals surface area contributed by atoms with Crippen LogP contribution in [0.5, 0.6) is 5.75 Å². The van der Waals surface area contributed by atoms with E-state index in [-0.39, 0.29) is 24.7 Å². The van der Waals surface area contributed by atoms with Gasteiger partial charge in [0.1, 0.15) is 12.4 Å². The molecular weight excluding hydrogens is 438 g/mol. The SMILES string of the molecule is Cc1cccc(NC(=O)CCC(=O)NN=Cc2ccc(OCc3ccccc3Cl)cc2)c1C. The molecule has 6 nitrogen and oxygen atoms in total. The van der Waals surface area contributed by atoms with Crippen molar-refractivity contribution in [2.24, 2.45) is 5.10 Å². The molecular formula is C26H26ClN3O3. The van der Waals surface area contributed by atoms with Gasteiger partial charge in [-0.05, 0) is 66.9 Å². The molecule has 0 atom stereocenters. The van der Waals surface area contributed by atoms with Crippen molar-refractivity contribution in [1.82, 2.24) is 5.43 Å². The lowest BCUT2D eigenvalue weighted by Gasteiger charge is -2.10. The minimum absolute atomic E-state index is 0.0445. The average molecular weight is 464 g/mol. The fourth-order valence-electron chi connectivity index (χ4n) is 2.99. The highest BCUT2D eigenvalue weighted by Gasteiger charge is 2.09. The molecule has 0 radical (unpaired) electrons. The summed E-state index contributed by atoms with van der Waals surface area (Å²) in [6.07, 6.45) is 1.65. The van der Waals surface area contributed by atoms with Crippen LogP contribution in [0.4, 0.5) is 5.69 Å². The molecule has 3 aromatic carbocycles. The predicted molar refractivity (Wildman–Crippen MR) is 132 cm³/mol. The van der Waals surface area contributed by atoms with Crippen molar-refractivity contribution in [2.75, 3.05) is 5.32 Å². The highest BCUT2D eigenvalue weighted by molar-refractivity contribution is 6.31. The molecule has 0 saturated heterocycles.